The molecule has 3 aromatic heterocycles. The van der Waals surface area contributed by atoms with Crippen molar-refractivity contribution in [1.82, 2.24) is 24.7 Å². The molecule has 3 heterocycles. The summed E-state index contributed by atoms with van der Waals surface area (Å²) in [5.74, 6) is 0.661. The summed E-state index contributed by atoms with van der Waals surface area (Å²) in [5.41, 5.74) is 8.37. The highest BCUT2D eigenvalue weighted by Crippen LogP contribution is 2.50. The maximum atomic E-state index is 11.8. The highest BCUT2D eigenvalue weighted by molar-refractivity contribution is 6.34. The Morgan fingerprint density at radius 2 is 2.15 bits per heavy atom. The second-order valence-electron chi connectivity index (χ2n) is 6.81. The Morgan fingerprint density at radius 1 is 1.35 bits per heavy atom. The summed E-state index contributed by atoms with van der Waals surface area (Å²) in [6.07, 6.45) is 9.30. The van der Waals surface area contributed by atoms with Gasteiger partial charge in [0.05, 0.1) is 34.6 Å². The van der Waals surface area contributed by atoms with Crippen molar-refractivity contribution in [2.75, 3.05) is 5.32 Å². The van der Waals surface area contributed by atoms with Crippen molar-refractivity contribution in [3.8, 4) is 11.4 Å². The monoisotopic (exact) mass is 369 g/mol. The van der Waals surface area contributed by atoms with Crippen LogP contribution in [-0.4, -0.2) is 36.7 Å². The van der Waals surface area contributed by atoms with E-state index in [0.29, 0.717) is 33.6 Å². The number of allylic oxidation sites excluding steroid dienone is 1. The summed E-state index contributed by atoms with van der Waals surface area (Å²) < 4.78 is 1.71. The molecule has 1 fully saturated rings. The van der Waals surface area contributed by atoms with E-state index in [2.05, 4.69) is 31.4 Å². The minimum Gasteiger partial charge on any atom is -0.378 e. The van der Waals surface area contributed by atoms with E-state index in [1.54, 1.807) is 17.1 Å². The van der Waals surface area contributed by atoms with E-state index < -0.39 is 0 Å². The molecule has 0 aliphatic heterocycles. The largest absolute Gasteiger partial charge is 0.378 e. The number of rotatable bonds is 4. The molecular formula is C17H16ClN7O. The summed E-state index contributed by atoms with van der Waals surface area (Å²) in [4.78, 5) is 23.9. The zero-order valence-electron chi connectivity index (χ0n) is 13.8. The van der Waals surface area contributed by atoms with Crippen molar-refractivity contribution >= 4 is 34.4 Å². The SMILES string of the molecule is Cn1cc(-c2nc3ncc(Cl)c(N[C@@H]4[C@H]5C=CC5[C@@H]4C(N)=O)c3[nH]2)cn1. The first-order valence-corrected chi connectivity index (χ1v) is 8.68. The first kappa shape index (κ1) is 15.4. The molecule has 26 heavy (non-hydrogen) atoms. The molecule has 3 aromatic rings. The second-order valence-corrected chi connectivity index (χ2v) is 7.21. The molecule has 1 amide bonds. The number of H-pyrrole nitrogens is 1. The number of carbonyl (C=O) groups is 1. The Bertz CT molecular complexity index is 1070. The van der Waals surface area contributed by atoms with Crippen LogP contribution in [0, 0.1) is 17.8 Å². The smallest absolute Gasteiger partial charge is 0.223 e. The van der Waals surface area contributed by atoms with Crippen molar-refractivity contribution in [2.24, 2.45) is 30.5 Å². The van der Waals surface area contributed by atoms with Gasteiger partial charge in [0.1, 0.15) is 11.3 Å². The third kappa shape index (κ3) is 2.08. The van der Waals surface area contributed by atoms with Gasteiger partial charge in [-0.25, -0.2) is 9.97 Å². The van der Waals surface area contributed by atoms with E-state index in [4.69, 9.17) is 17.3 Å². The van der Waals surface area contributed by atoms with E-state index in [-0.39, 0.29) is 23.8 Å². The molecule has 0 saturated heterocycles. The Balaban J connectivity index is 1.55. The molecule has 0 spiro atoms. The van der Waals surface area contributed by atoms with Gasteiger partial charge in [0.15, 0.2) is 5.65 Å². The number of carbonyl (C=O) groups excluding carboxylic acids is 1. The minimum atomic E-state index is -0.296. The molecule has 1 unspecified atom stereocenters. The van der Waals surface area contributed by atoms with Gasteiger partial charge < -0.3 is 16.0 Å². The summed E-state index contributed by atoms with van der Waals surface area (Å²) in [6.45, 7) is 0. The number of fused-ring (bicyclic) bond motifs is 2. The molecule has 9 heteroatoms. The normalized spacial score (nSPS) is 26.2. The third-order valence-electron chi connectivity index (χ3n) is 5.31. The average molecular weight is 370 g/mol. The van der Waals surface area contributed by atoms with E-state index in [0.717, 1.165) is 5.56 Å². The van der Waals surface area contributed by atoms with Crippen LogP contribution in [0.15, 0.2) is 30.7 Å². The molecule has 8 nitrogen and oxygen atoms in total. The topological polar surface area (TPSA) is 115 Å². The molecule has 0 radical (unpaired) electrons. The van der Waals surface area contributed by atoms with Gasteiger partial charge in [-0.2, -0.15) is 5.10 Å². The average Bonchev–Trinajstić information content (AvgIpc) is 3.18. The van der Waals surface area contributed by atoms with E-state index in [1.807, 2.05) is 19.3 Å². The fraction of sp³-hybridized carbons (Fsp3) is 0.294. The molecule has 2 aliphatic rings. The number of anilines is 1. The number of imidazole rings is 1. The molecule has 1 saturated carbocycles. The number of nitrogens with zero attached hydrogens (tertiary/aromatic N) is 4. The van der Waals surface area contributed by atoms with Crippen molar-refractivity contribution in [3.05, 3.63) is 35.8 Å². The predicted molar refractivity (Wildman–Crippen MR) is 97.3 cm³/mol. The molecule has 0 aromatic carbocycles. The molecule has 2 aliphatic carbocycles. The van der Waals surface area contributed by atoms with Crippen LogP contribution >= 0.6 is 11.6 Å². The number of hydrogen-bond donors (Lipinski definition) is 3. The maximum Gasteiger partial charge on any atom is 0.223 e. The zero-order valence-corrected chi connectivity index (χ0v) is 14.6. The van der Waals surface area contributed by atoms with Crippen molar-refractivity contribution < 1.29 is 4.79 Å². The fourth-order valence-electron chi connectivity index (χ4n) is 3.89. The molecule has 5 rings (SSSR count). The Labute approximate surface area is 153 Å². The summed E-state index contributed by atoms with van der Waals surface area (Å²) in [6, 6.07) is -0.0734. The Morgan fingerprint density at radius 3 is 2.81 bits per heavy atom. The van der Waals surface area contributed by atoms with Crippen LogP contribution < -0.4 is 11.1 Å². The molecule has 4 atom stereocenters. The van der Waals surface area contributed by atoms with Crippen LogP contribution in [-0.2, 0) is 11.8 Å². The second kappa shape index (κ2) is 5.31. The van der Waals surface area contributed by atoms with Crippen LogP contribution in [0.4, 0.5) is 5.69 Å². The number of amides is 1. The number of aromatic nitrogens is 5. The van der Waals surface area contributed by atoms with Gasteiger partial charge in [-0.15, -0.1) is 0 Å². The summed E-state index contributed by atoms with van der Waals surface area (Å²) in [5, 5.41) is 8.04. The van der Waals surface area contributed by atoms with E-state index in [9.17, 15) is 4.79 Å². The molecule has 0 bridgehead atoms. The lowest BCUT2D eigenvalue weighted by atomic mass is 9.54. The van der Waals surface area contributed by atoms with Gasteiger partial charge in [-0.3, -0.25) is 9.48 Å². The number of aromatic amines is 1. The lowest BCUT2D eigenvalue weighted by Gasteiger charge is -2.53. The van der Waals surface area contributed by atoms with Gasteiger partial charge in [0.25, 0.3) is 0 Å². The quantitative estimate of drug-likeness (QED) is 0.605. The van der Waals surface area contributed by atoms with Crippen LogP contribution in [0.5, 0.6) is 0 Å². The van der Waals surface area contributed by atoms with Gasteiger partial charge in [-0.1, -0.05) is 23.8 Å². The van der Waals surface area contributed by atoms with E-state index >= 15 is 0 Å². The lowest BCUT2D eigenvalue weighted by Crippen LogP contribution is -2.61. The number of halogens is 1. The number of aryl methyl sites for hydroxylation is 1. The number of primary amides is 1. The number of hydrogen-bond acceptors (Lipinski definition) is 5. The third-order valence-corrected chi connectivity index (χ3v) is 5.59. The maximum absolute atomic E-state index is 11.8. The first-order valence-electron chi connectivity index (χ1n) is 8.30. The standard InChI is InChI=1S/C17H16ClN7O/c1-25-6-7(4-21-25)16-23-14-13(10(18)5-20-17(14)24-16)22-12-9-3-2-8(9)11(12)15(19)26/h2-6,8-9,11-12H,1H3,(H2,19,26)(H2,20,22,23,24)/t8?,9-,11-,12+/m0/s1. The van der Waals surface area contributed by atoms with Gasteiger partial charge in [0, 0.05) is 25.2 Å². The zero-order chi connectivity index (χ0) is 18.0. The summed E-state index contributed by atoms with van der Waals surface area (Å²) >= 11 is 6.39. The van der Waals surface area contributed by atoms with Crippen LogP contribution in [0.1, 0.15) is 0 Å². The van der Waals surface area contributed by atoms with Gasteiger partial charge in [-0.05, 0) is 5.92 Å². The van der Waals surface area contributed by atoms with Gasteiger partial charge in [0.2, 0.25) is 5.91 Å². The minimum absolute atomic E-state index is 0.0734. The van der Waals surface area contributed by atoms with Crippen molar-refractivity contribution in [2.45, 2.75) is 6.04 Å². The predicted octanol–water partition coefficient (Wildman–Crippen LogP) is 1.71. The van der Waals surface area contributed by atoms with Crippen LogP contribution in [0.25, 0.3) is 22.6 Å². The number of nitrogens with two attached hydrogens (primary N) is 1. The molecular weight excluding hydrogens is 354 g/mol. The molecule has 4 N–H and O–H groups in total. The van der Waals surface area contributed by atoms with Crippen LogP contribution in [0.3, 0.4) is 0 Å². The van der Waals surface area contributed by atoms with Crippen molar-refractivity contribution in [3.63, 3.8) is 0 Å². The Kier molecular flexibility index (Phi) is 3.14. The highest BCUT2D eigenvalue weighted by atomic mass is 35.5. The molecule has 132 valence electrons. The van der Waals surface area contributed by atoms with Crippen LogP contribution in [0.2, 0.25) is 5.02 Å². The first-order chi connectivity index (χ1) is 12.5. The number of pyridine rings is 1. The fourth-order valence-corrected chi connectivity index (χ4v) is 4.09. The lowest BCUT2D eigenvalue weighted by molar-refractivity contribution is -0.129. The highest BCUT2D eigenvalue weighted by Gasteiger charge is 2.54. The number of nitrogens with one attached hydrogen (secondary N) is 2. The summed E-state index contributed by atoms with van der Waals surface area (Å²) in [7, 11) is 1.84. The Hall–Kier alpha value is -2.87. The van der Waals surface area contributed by atoms with Crippen molar-refractivity contribution in [1.29, 1.82) is 0 Å². The van der Waals surface area contributed by atoms with Gasteiger partial charge >= 0.3 is 0 Å². The van der Waals surface area contributed by atoms with E-state index in [1.165, 1.54) is 0 Å².